The monoisotopic (exact) mass is 452 g/mol. The molecule has 0 aliphatic carbocycles. The minimum atomic E-state index is 0.208. The number of nitriles is 1. The number of rotatable bonds is 6. The summed E-state index contributed by atoms with van der Waals surface area (Å²) in [6.07, 6.45) is 3.47. The van der Waals surface area contributed by atoms with Gasteiger partial charge in [-0.1, -0.05) is 18.5 Å². The number of hydrogen-bond acceptors (Lipinski definition) is 9. The molecule has 1 fully saturated rings. The lowest BCUT2D eigenvalue weighted by Gasteiger charge is -2.39. The fraction of sp³-hybridized carbons (Fsp3) is 0.429. The van der Waals surface area contributed by atoms with Crippen molar-refractivity contribution in [3.63, 3.8) is 0 Å². The van der Waals surface area contributed by atoms with Crippen molar-refractivity contribution in [2.45, 2.75) is 32.7 Å². The van der Waals surface area contributed by atoms with Crippen LogP contribution in [0, 0.1) is 24.2 Å². The Morgan fingerprint density at radius 3 is 2.81 bits per heavy atom. The van der Waals surface area contributed by atoms with E-state index in [1.54, 1.807) is 16.9 Å². The minimum Gasteiger partial charge on any atom is -0.366 e. The molecule has 0 aromatic carbocycles. The second kappa shape index (κ2) is 9.36. The maximum Gasteiger partial charge on any atom is 0.230 e. The molecule has 4 heterocycles. The zero-order valence-corrected chi connectivity index (χ0v) is 19.0. The van der Waals surface area contributed by atoms with Gasteiger partial charge in [0, 0.05) is 37.9 Å². The van der Waals surface area contributed by atoms with Gasteiger partial charge in [0.15, 0.2) is 23.1 Å². The van der Waals surface area contributed by atoms with Crippen LogP contribution in [0.1, 0.15) is 31.2 Å². The van der Waals surface area contributed by atoms with E-state index in [2.05, 4.69) is 47.7 Å². The van der Waals surface area contributed by atoms with Gasteiger partial charge in [-0.25, -0.2) is 4.98 Å². The quantitative estimate of drug-likeness (QED) is 0.580. The topological polar surface area (TPSA) is 120 Å². The van der Waals surface area contributed by atoms with Gasteiger partial charge in [0.05, 0.1) is 6.20 Å². The van der Waals surface area contributed by atoms with E-state index in [9.17, 15) is 0 Å². The molecule has 3 aromatic rings. The molecular formula is C21H25ClN10. The molecule has 2 atom stereocenters. The first-order valence-corrected chi connectivity index (χ1v) is 10.9. The second-order valence-electron chi connectivity index (χ2n) is 7.85. The van der Waals surface area contributed by atoms with Crippen LogP contribution in [-0.4, -0.2) is 49.1 Å². The number of nitrogens with zero attached hydrogens (tertiary/aromatic N) is 8. The van der Waals surface area contributed by atoms with Gasteiger partial charge in [-0.3, -0.25) is 4.68 Å². The maximum absolute atomic E-state index is 8.93. The van der Waals surface area contributed by atoms with E-state index in [-0.39, 0.29) is 6.04 Å². The van der Waals surface area contributed by atoms with Crippen LogP contribution >= 0.6 is 11.6 Å². The van der Waals surface area contributed by atoms with Gasteiger partial charge >= 0.3 is 0 Å². The molecule has 0 bridgehead atoms. The largest absolute Gasteiger partial charge is 0.366 e. The number of aryl methyl sites for hydroxylation is 2. The van der Waals surface area contributed by atoms with E-state index in [0.717, 1.165) is 37.4 Å². The highest BCUT2D eigenvalue weighted by atomic mass is 35.5. The van der Waals surface area contributed by atoms with Crippen LogP contribution in [0.3, 0.4) is 0 Å². The van der Waals surface area contributed by atoms with Crippen molar-refractivity contribution < 1.29 is 0 Å². The third kappa shape index (κ3) is 4.73. The predicted octanol–water partition coefficient (Wildman–Crippen LogP) is 3.29. The molecule has 0 spiro atoms. The summed E-state index contributed by atoms with van der Waals surface area (Å²) in [4.78, 5) is 11.1. The van der Waals surface area contributed by atoms with E-state index in [0.29, 0.717) is 34.2 Å². The summed E-state index contributed by atoms with van der Waals surface area (Å²) in [6.45, 7) is 5.80. The Kier molecular flexibility index (Phi) is 6.37. The maximum atomic E-state index is 8.93. The summed E-state index contributed by atoms with van der Waals surface area (Å²) >= 11 is 6.40. The predicted molar refractivity (Wildman–Crippen MR) is 123 cm³/mol. The number of piperidine rings is 1. The molecule has 0 radical (unpaired) electrons. The van der Waals surface area contributed by atoms with E-state index in [1.807, 2.05) is 32.2 Å². The normalized spacial score (nSPS) is 18.3. The van der Waals surface area contributed by atoms with Crippen molar-refractivity contribution in [1.82, 2.24) is 29.9 Å². The number of hydrogen-bond donors (Lipinski definition) is 2. The van der Waals surface area contributed by atoms with Crippen LogP contribution in [0.15, 0.2) is 24.4 Å². The number of aromatic nitrogens is 6. The molecule has 2 N–H and O–H groups in total. The van der Waals surface area contributed by atoms with Gasteiger partial charge in [-0.05, 0) is 37.8 Å². The third-order valence-electron chi connectivity index (χ3n) is 5.77. The first-order chi connectivity index (χ1) is 15.5. The smallest absolute Gasteiger partial charge is 0.230 e. The summed E-state index contributed by atoms with van der Waals surface area (Å²) in [5.41, 5.74) is 1.35. The molecule has 4 rings (SSSR count). The molecule has 1 aliphatic heterocycles. The molecule has 32 heavy (non-hydrogen) atoms. The van der Waals surface area contributed by atoms with Crippen LogP contribution in [0.25, 0.3) is 0 Å². The number of halogens is 1. The third-order valence-corrected chi connectivity index (χ3v) is 6.04. The molecule has 1 aliphatic rings. The van der Waals surface area contributed by atoms with Crippen LogP contribution in [0.4, 0.5) is 23.4 Å². The average molecular weight is 453 g/mol. The molecule has 11 heteroatoms. The van der Waals surface area contributed by atoms with Gasteiger partial charge in [0.1, 0.15) is 11.1 Å². The lowest BCUT2D eigenvalue weighted by Crippen LogP contribution is -2.46. The highest BCUT2D eigenvalue weighted by Gasteiger charge is 2.29. The van der Waals surface area contributed by atoms with Crippen LogP contribution in [0.2, 0.25) is 5.02 Å². The fourth-order valence-corrected chi connectivity index (χ4v) is 3.98. The molecule has 10 nitrogen and oxygen atoms in total. The minimum absolute atomic E-state index is 0.208. The number of anilines is 4. The van der Waals surface area contributed by atoms with E-state index < -0.39 is 0 Å². The highest BCUT2D eigenvalue weighted by molar-refractivity contribution is 6.32. The van der Waals surface area contributed by atoms with Gasteiger partial charge in [-0.2, -0.15) is 15.3 Å². The Morgan fingerprint density at radius 2 is 2.16 bits per heavy atom. The summed E-state index contributed by atoms with van der Waals surface area (Å²) < 4.78 is 1.79. The van der Waals surface area contributed by atoms with Crippen molar-refractivity contribution in [2.24, 2.45) is 13.0 Å². The van der Waals surface area contributed by atoms with E-state index in [4.69, 9.17) is 16.9 Å². The summed E-state index contributed by atoms with van der Waals surface area (Å²) in [5, 5.41) is 28.6. The van der Waals surface area contributed by atoms with Crippen molar-refractivity contribution >= 4 is 35.0 Å². The zero-order chi connectivity index (χ0) is 22.7. The molecule has 3 aromatic heterocycles. The first-order valence-electron chi connectivity index (χ1n) is 10.5. The summed E-state index contributed by atoms with van der Waals surface area (Å²) in [6, 6.07) is 7.69. The summed E-state index contributed by atoms with van der Waals surface area (Å²) in [7, 11) is 1.89. The van der Waals surface area contributed by atoms with Crippen molar-refractivity contribution in [1.29, 1.82) is 5.26 Å². The van der Waals surface area contributed by atoms with E-state index in [1.165, 1.54) is 0 Å². The van der Waals surface area contributed by atoms with Crippen molar-refractivity contribution in [2.75, 3.05) is 28.6 Å². The molecule has 0 amide bonds. The van der Waals surface area contributed by atoms with Gasteiger partial charge in [0.25, 0.3) is 0 Å². The Balaban J connectivity index is 1.45. The van der Waals surface area contributed by atoms with Crippen molar-refractivity contribution in [3.05, 3.63) is 40.8 Å². The Morgan fingerprint density at radius 1 is 1.31 bits per heavy atom. The lowest BCUT2D eigenvalue weighted by molar-refractivity contribution is 0.365. The Labute approximate surface area is 191 Å². The highest BCUT2D eigenvalue weighted by Crippen LogP contribution is 2.29. The Bertz CT molecular complexity index is 1100. The van der Waals surface area contributed by atoms with E-state index >= 15 is 0 Å². The molecule has 1 saturated heterocycles. The van der Waals surface area contributed by atoms with Gasteiger partial charge < -0.3 is 15.5 Å². The summed E-state index contributed by atoms with van der Waals surface area (Å²) in [5.74, 6) is 2.88. The zero-order valence-electron chi connectivity index (χ0n) is 18.2. The van der Waals surface area contributed by atoms with Crippen molar-refractivity contribution in [3.8, 4) is 6.07 Å². The van der Waals surface area contributed by atoms with Gasteiger partial charge in [0.2, 0.25) is 5.95 Å². The SMILES string of the molecule is CCC1CN(c2ccc(C#N)nn2)CCC1Nc1nc(Nc2cc(C)n(C)n2)ncc1Cl. The molecule has 2 unspecified atom stereocenters. The van der Waals surface area contributed by atoms with Gasteiger partial charge in [-0.15, -0.1) is 10.2 Å². The standard InChI is InChI=1S/C21H25ClN10/c1-4-14-12-32(19-6-5-15(10-23)28-29-19)8-7-17(14)25-20-16(22)11-24-21(27-20)26-18-9-13(2)31(3)30-18/h5-6,9,11,14,17H,4,7-8,12H2,1-3H3,(H2,24,25,26,27,30). The molecule has 166 valence electrons. The second-order valence-corrected chi connectivity index (χ2v) is 8.26. The lowest BCUT2D eigenvalue weighted by atomic mass is 9.90. The van der Waals surface area contributed by atoms with Crippen LogP contribution in [-0.2, 0) is 7.05 Å². The fourth-order valence-electron chi connectivity index (χ4n) is 3.84. The molecule has 0 saturated carbocycles. The molecular weight excluding hydrogens is 428 g/mol. The van der Waals surface area contributed by atoms with Crippen LogP contribution in [0.5, 0.6) is 0 Å². The van der Waals surface area contributed by atoms with Crippen LogP contribution < -0.4 is 15.5 Å². The first kappa shape index (κ1) is 21.8. The average Bonchev–Trinajstić information content (AvgIpc) is 3.12. The number of nitrogens with one attached hydrogen (secondary N) is 2. The Hall–Kier alpha value is -3.45.